The molecule has 5 rings (SSSR count). The summed E-state index contributed by atoms with van der Waals surface area (Å²) in [5, 5.41) is 9.35. The number of amides is 1. The number of likely N-dealkylation sites (N-methyl/N-ethyl adjacent to an activating group) is 1. The van der Waals surface area contributed by atoms with Crippen LogP contribution >= 0.6 is 0 Å². The summed E-state index contributed by atoms with van der Waals surface area (Å²) in [6.45, 7) is 0.978. The minimum atomic E-state index is -6.40. The van der Waals surface area contributed by atoms with Gasteiger partial charge in [-0.2, -0.15) is 26.3 Å². The molecule has 252 valence electrons. The summed E-state index contributed by atoms with van der Waals surface area (Å²) in [5.74, 6) is -3.48. The van der Waals surface area contributed by atoms with Crippen molar-refractivity contribution in [3.05, 3.63) is 59.4 Å². The van der Waals surface area contributed by atoms with Crippen LogP contribution in [-0.2, 0) is 29.8 Å². The van der Waals surface area contributed by atoms with Gasteiger partial charge in [0.05, 0.1) is 16.9 Å². The molecule has 2 atom stereocenters. The standard InChI is InChI=1S/C30H30F8N2O5S/c1-2-39-16-24-27(46(44,45)21-10-8-20(31)9-11-21,13-14-40(24)25(41)17-3-5-18(6-4-17)26(42)43)22-12-7-19(15-23(22)39)28(32,29(33,34)35)30(36,37)38/h7-12,15,17-18,24H,2-6,13-14,16H2,1H3,(H,42,43)/t17-,18-,24?,27?. The Morgan fingerprint density at radius 1 is 0.913 bits per heavy atom. The maximum absolute atomic E-state index is 15.2. The van der Waals surface area contributed by atoms with Crippen LogP contribution in [0.4, 0.5) is 40.8 Å². The molecule has 2 aromatic rings. The second-order valence-electron chi connectivity index (χ2n) is 12.0. The molecule has 2 aromatic carbocycles. The molecular formula is C30H30F8N2O5S. The highest BCUT2D eigenvalue weighted by Gasteiger charge is 2.74. The third kappa shape index (κ3) is 5.01. The fourth-order valence-corrected chi connectivity index (χ4v) is 9.55. The first-order valence-corrected chi connectivity index (χ1v) is 16.0. The minimum Gasteiger partial charge on any atom is -0.481 e. The summed E-state index contributed by atoms with van der Waals surface area (Å²) in [6.07, 6.45) is -12.2. The smallest absolute Gasteiger partial charge is 0.435 e. The minimum absolute atomic E-state index is 0.0529. The van der Waals surface area contributed by atoms with E-state index in [0.29, 0.717) is 6.07 Å². The van der Waals surface area contributed by atoms with Crippen LogP contribution in [0.1, 0.15) is 50.2 Å². The molecule has 7 nitrogen and oxygen atoms in total. The van der Waals surface area contributed by atoms with Crippen molar-refractivity contribution in [2.75, 3.05) is 24.5 Å². The number of fused-ring (bicyclic) bond motifs is 3. The summed E-state index contributed by atoms with van der Waals surface area (Å²) in [4.78, 5) is 27.6. The monoisotopic (exact) mass is 682 g/mol. The van der Waals surface area contributed by atoms with E-state index in [-0.39, 0.29) is 74.0 Å². The average molecular weight is 683 g/mol. The maximum Gasteiger partial charge on any atom is 0.435 e. The Bertz CT molecular complexity index is 1610. The summed E-state index contributed by atoms with van der Waals surface area (Å²) >= 11 is 0. The summed E-state index contributed by atoms with van der Waals surface area (Å²) in [7, 11) is -4.65. The van der Waals surface area contributed by atoms with Crippen LogP contribution in [-0.4, -0.2) is 68.3 Å². The van der Waals surface area contributed by atoms with E-state index in [1.54, 1.807) is 0 Å². The van der Waals surface area contributed by atoms with E-state index in [4.69, 9.17) is 0 Å². The number of sulfone groups is 1. The van der Waals surface area contributed by atoms with Gasteiger partial charge in [0, 0.05) is 36.8 Å². The average Bonchev–Trinajstić information content (AvgIpc) is 3.39. The first-order chi connectivity index (χ1) is 21.3. The zero-order chi connectivity index (χ0) is 34.0. The van der Waals surface area contributed by atoms with Gasteiger partial charge in [-0.3, -0.25) is 9.59 Å². The van der Waals surface area contributed by atoms with E-state index in [2.05, 4.69) is 0 Å². The topological polar surface area (TPSA) is 95.0 Å². The first kappa shape index (κ1) is 33.9. The van der Waals surface area contributed by atoms with Crippen LogP contribution in [0.25, 0.3) is 0 Å². The normalized spacial score (nSPS) is 25.6. The highest BCUT2D eigenvalue weighted by molar-refractivity contribution is 7.92. The molecule has 1 amide bonds. The molecule has 1 saturated carbocycles. The SMILES string of the molecule is CCN1CC2N(C(=O)[C@H]3CC[C@H](C(=O)O)CC3)CCC2(S(=O)(=O)c2ccc(F)cc2)c2ccc(C(F)(C(F)(F)F)C(F)(F)F)cc21. The van der Waals surface area contributed by atoms with Crippen LogP contribution in [0.15, 0.2) is 47.4 Å². The van der Waals surface area contributed by atoms with Gasteiger partial charge in [0.25, 0.3) is 0 Å². The van der Waals surface area contributed by atoms with Crippen molar-refractivity contribution in [3.8, 4) is 0 Å². The number of halogens is 8. The van der Waals surface area contributed by atoms with Gasteiger partial charge in [0.2, 0.25) is 5.91 Å². The van der Waals surface area contributed by atoms with E-state index in [0.717, 1.165) is 30.3 Å². The number of likely N-dealkylation sites (tertiary alicyclic amines) is 1. The molecule has 46 heavy (non-hydrogen) atoms. The molecule has 1 N–H and O–H groups in total. The van der Waals surface area contributed by atoms with E-state index in [9.17, 15) is 53.8 Å². The Morgan fingerprint density at radius 2 is 1.48 bits per heavy atom. The van der Waals surface area contributed by atoms with Crippen LogP contribution in [0.5, 0.6) is 0 Å². The number of rotatable bonds is 6. The lowest BCUT2D eigenvalue weighted by molar-refractivity contribution is -0.348. The quantitative estimate of drug-likeness (QED) is 0.292. The molecule has 2 unspecified atom stereocenters. The lowest BCUT2D eigenvalue weighted by atomic mass is 9.80. The number of aliphatic carboxylic acids is 1. The molecule has 0 aromatic heterocycles. The fourth-order valence-electron chi connectivity index (χ4n) is 7.25. The Hall–Kier alpha value is -3.43. The molecular weight excluding hydrogens is 652 g/mol. The van der Waals surface area contributed by atoms with Crippen molar-refractivity contribution in [2.24, 2.45) is 11.8 Å². The van der Waals surface area contributed by atoms with Gasteiger partial charge in [0.1, 0.15) is 10.6 Å². The fraction of sp³-hybridized carbons (Fsp3) is 0.533. The second kappa shape index (κ2) is 11.4. The second-order valence-corrected chi connectivity index (χ2v) is 14.2. The number of benzene rings is 2. The molecule has 1 saturated heterocycles. The zero-order valence-electron chi connectivity index (χ0n) is 24.3. The van der Waals surface area contributed by atoms with Crippen molar-refractivity contribution < 1.29 is 58.2 Å². The number of alkyl halides is 7. The van der Waals surface area contributed by atoms with Crippen LogP contribution < -0.4 is 4.90 Å². The summed E-state index contributed by atoms with van der Waals surface area (Å²) in [5.41, 5.74) is -8.12. The molecule has 3 aliphatic rings. The maximum atomic E-state index is 15.2. The van der Waals surface area contributed by atoms with Gasteiger partial charge in [-0.25, -0.2) is 17.2 Å². The van der Waals surface area contributed by atoms with E-state index in [1.165, 1.54) is 16.7 Å². The van der Waals surface area contributed by atoms with E-state index >= 15 is 4.39 Å². The van der Waals surface area contributed by atoms with E-state index < -0.39 is 73.7 Å². The number of carbonyl (C=O) groups is 2. The predicted octanol–water partition coefficient (Wildman–Crippen LogP) is 6.12. The Kier molecular flexibility index (Phi) is 8.38. The number of carboxylic acid groups (broad SMARTS) is 1. The molecule has 16 heteroatoms. The van der Waals surface area contributed by atoms with Crippen LogP contribution in [0.2, 0.25) is 0 Å². The van der Waals surface area contributed by atoms with Gasteiger partial charge >= 0.3 is 24.0 Å². The Morgan fingerprint density at radius 3 is 2.00 bits per heavy atom. The largest absolute Gasteiger partial charge is 0.481 e. The van der Waals surface area contributed by atoms with Crippen molar-refractivity contribution >= 4 is 27.4 Å². The van der Waals surface area contributed by atoms with Crippen molar-refractivity contribution in [3.63, 3.8) is 0 Å². The van der Waals surface area contributed by atoms with Gasteiger partial charge in [-0.15, -0.1) is 0 Å². The summed E-state index contributed by atoms with van der Waals surface area (Å²) in [6, 6.07) is 3.93. The molecule has 0 spiro atoms. The number of carbonyl (C=O) groups excluding carboxylic acids is 1. The number of nitrogens with zero attached hydrogens (tertiary/aromatic N) is 2. The van der Waals surface area contributed by atoms with Crippen molar-refractivity contribution in [2.45, 2.75) is 72.7 Å². The van der Waals surface area contributed by atoms with E-state index in [1.807, 2.05) is 0 Å². The van der Waals surface area contributed by atoms with Gasteiger partial charge in [0.15, 0.2) is 9.84 Å². The van der Waals surface area contributed by atoms with Gasteiger partial charge < -0.3 is 14.9 Å². The van der Waals surface area contributed by atoms with Crippen LogP contribution in [0, 0.1) is 17.7 Å². The lowest BCUT2D eigenvalue weighted by Gasteiger charge is -2.48. The number of hydrogen-bond acceptors (Lipinski definition) is 5. The summed E-state index contributed by atoms with van der Waals surface area (Å²) < 4.78 is 138. The van der Waals surface area contributed by atoms with Crippen molar-refractivity contribution in [1.82, 2.24) is 4.90 Å². The number of anilines is 1. The molecule has 1 aliphatic carbocycles. The molecule has 0 radical (unpaired) electrons. The molecule has 2 heterocycles. The third-order valence-corrected chi connectivity index (χ3v) is 12.2. The third-order valence-electron chi connectivity index (χ3n) is 9.70. The number of carboxylic acids is 1. The molecule has 2 aliphatic heterocycles. The highest BCUT2D eigenvalue weighted by Crippen LogP contribution is 2.58. The van der Waals surface area contributed by atoms with Crippen molar-refractivity contribution in [1.29, 1.82) is 0 Å². The predicted molar refractivity (Wildman–Crippen MR) is 148 cm³/mol. The molecule has 2 fully saturated rings. The highest BCUT2D eigenvalue weighted by atomic mass is 32.2. The van der Waals surface area contributed by atoms with Crippen LogP contribution in [0.3, 0.4) is 0 Å². The molecule has 0 bridgehead atoms. The number of hydrogen-bond donors (Lipinski definition) is 1. The first-order valence-electron chi connectivity index (χ1n) is 14.6. The zero-order valence-corrected chi connectivity index (χ0v) is 25.2. The lowest BCUT2D eigenvalue weighted by Crippen LogP contribution is -2.59. The Balaban J connectivity index is 1.68. The van der Waals surface area contributed by atoms with Gasteiger partial charge in [-0.1, -0.05) is 12.1 Å². The Labute approximate surface area is 259 Å². The van der Waals surface area contributed by atoms with Gasteiger partial charge in [-0.05, 0) is 74.9 Å².